The summed E-state index contributed by atoms with van der Waals surface area (Å²) in [5.74, 6) is 0.194. The maximum absolute atomic E-state index is 12.5. The standard InChI is InChI=1S/C18H20N2O3/c1-12-8-13(2)10-14(9-12)20-17(22)18(5-6-18)16(21)19-11-15-4-3-7-23-15/h3-4,7-10H,5-6,11H2,1-2H3,(H,19,21)(H,20,22). The van der Waals surface area contributed by atoms with E-state index in [0.717, 1.165) is 16.8 Å². The second-order valence-electron chi connectivity index (χ2n) is 6.17. The lowest BCUT2D eigenvalue weighted by Gasteiger charge is -2.15. The van der Waals surface area contributed by atoms with Crippen LogP contribution in [0.1, 0.15) is 29.7 Å². The van der Waals surface area contributed by atoms with Crippen molar-refractivity contribution in [2.45, 2.75) is 33.2 Å². The maximum atomic E-state index is 12.5. The smallest absolute Gasteiger partial charge is 0.240 e. The Morgan fingerprint density at radius 2 is 1.83 bits per heavy atom. The van der Waals surface area contributed by atoms with Crippen molar-refractivity contribution >= 4 is 17.5 Å². The van der Waals surface area contributed by atoms with E-state index in [1.165, 1.54) is 0 Å². The molecule has 2 aromatic rings. The van der Waals surface area contributed by atoms with Gasteiger partial charge in [0.1, 0.15) is 11.2 Å². The zero-order valence-electron chi connectivity index (χ0n) is 13.3. The highest BCUT2D eigenvalue weighted by Gasteiger charge is 2.56. The highest BCUT2D eigenvalue weighted by Crippen LogP contribution is 2.47. The van der Waals surface area contributed by atoms with Gasteiger partial charge in [-0.3, -0.25) is 9.59 Å². The number of benzene rings is 1. The van der Waals surface area contributed by atoms with Crippen LogP contribution >= 0.6 is 0 Å². The molecule has 0 bridgehead atoms. The van der Waals surface area contributed by atoms with E-state index in [1.54, 1.807) is 18.4 Å². The normalized spacial score (nSPS) is 15.0. The minimum atomic E-state index is -0.940. The fraction of sp³-hybridized carbons (Fsp3) is 0.333. The summed E-state index contributed by atoms with van der Waals surface area (Å²) < 4.78 is 5.18. The van der Waals surface area contributed by atoms with Crippen molar-refractivity contribution in [3.05, 3.63) is 53.5 Å². The van der Waals surface area contributed by atoms with Crippen LogP contribution in [0.5, 0.6) is 0 Å². The molecule has 1 aliphatic carbocycles. The molecule has 5 nitrogen and oxygen atoms in total. The molecule has 0 aliphatic heterocycles. The van der Waals surface area contributed by atoms with Crippen molar-refractivity contribution < 1.29 is 14.0 Å². The van der Waals surface area contributed by atoms with E-state index in [1.807, 2.05) is 32.0 Å². The predicted molar refractivity (Wildman–Crippen MR) is 86.8 cm³/mol. The summed E-state index contributed by atoms with van der Waals surface area (Å²) in [5, 5.41) is 5.66. The molecule has 1 aromatic heterocycles. The molecule has 1 saturated carbocycles. The Hall–Kier alpha value is -2.56. The molecule has 120 valence electrons. The third-order valence-corrected chi connectivity index (χ3v) is 4.10. The first kappa shape index (κ1) is 15.3. The van der Waals surface area contributed by atoms with E-state index in [0.29, 0.717) is 25.1 Å². The second-order valence-corrected chi connectivity index (χ2v) is 6.17. The van der Waals surface area contributed by atoms with Gasteiger partial charge in [-0.15, -0.1) is 0 Å². The number of anilines is 1. The number of rotatable bonds is 5. The van der Waals surface area contributed by atoms with Gasteiger partial charge >= 0.3 is 0 Å². The van der Waals surface area contributed by atoms with Crippen molar-refractivity contribution in [2.75, 3.05) is 5.32 Å². The summed E-state index contributed by atoms with van der Waals surface area (Å²) in [4.78, 5) is 24.9. The molecule has 0 radical (unpaired) electrons. The molecule has 1 aromatic carbocycles. The van der Waals surface area contributed by atoms with Crippen molar-refractivity contribution in [3.63, 3.8) is 0 Å². The molecule has 1 fully saturated rings. The summed E-state index contributed by atoms with van der Waals surface area (Å²) in [6, 6.07) is 9.40. The van der Waals surface area contributed by atoms with E-state index in [4.69, 9.17) is 4.42 Å². The molecule has 2 amide bonds. The largest absolute Gasteiger partial charge is 0.467 e. The molecule has 3 rings (SSSR count). The van der Waals surface area contributed by atoms with E-state index < -0.39 is 5.41 Å². The van der Waals surface area contributed by atoms with Crippen LogP contribution in [0.4, 0.5) is 5.69 Å². The Labute approximate surface area is 135 Å². The SMILES string of the molecule is Cc1cc(C)cc(NC(=O)C2(C(=O)NCc3ccco3)CC2)c1. The minimum Gasteiger partial charge on any atom is -0.467 e. The topological polar surface area (TPSA) is 71.3 Å². The van der Waals surface area contributed by atoms with Crippen LogP contribution < -0.4 is 10.6 Å². The molecule has 2 N–H and O–H groups in total. The number of hydrogen-bond donors (Lipinski definition) is 2. The Kier molecular flexibility index (Phi) is 3.94. The monoisotopic (exact) mass is 312 g/mol. The van der Waals surface area contributed by atoms with Crippen LogP contribution in [0.15, 0.2) is 41.0 Å². The Bertz CT molecular complexity index is 710. The van der Waals surface area contributed by atoms with Crippen LogP contribution in [0.25, 0.3) is 0 Å². The number of aryl methyl sites for hydroxylation is 2. The number of carbonyl (C=O) groups is 2. The van der Waals surface area contributed by atoms with E-state index in [9.17, 15) is 9.59 Å². The van der Waals surface area contributed by atoms with Crippen molar-refractivity contribution in [2.24, 2.45) is 5.41 Å². The number of amides is 2. The lowest BCUT2D eigenvalue weighted by Crippen LogP contribution is -2.39. The molecule has 5 heteroatoms. The lowest BCUT2D eigenvalue weighted by atomic mass is 10.0. The fourth-order valence-corrected chi connectivity index (χ4v) is 2.73. The summed E-state index contributed by atoms with van der Waals surface area (Å²) in [6.45, 7) is 4.25. The van der Waals surface area contributed by atoms with Gasteiger partial charge < -0.3 is 15.1 Å². The highest BCUT2D eigenvalue weighted by atomic mass is 16.3. The zero-order chi connectivity index (χ0) is 16.4. The third kappa shape index (κ3) is 3.28. The van der Waals surface area contributed by atoms with Gasteiger partial charge in [-0.05, 0) is 62.1 Å². The Morgan fingerprint density at radius 3 is 2.39 bits per heavy atom. The molecule has 0 unspecified atom stereocenters. The molecule has 0 saturated heterocycles. The van der Waals surface area contributed by atoms with Gasteiger partial charge in [-0.25, -0.2) is 0 Å². The first-order chi connectivity index (χ1) is 11.0. The van der Waals surface area contributed by atoms with E-state index >= 15 is 0 Å². The van der Waals surface area contributed by atoms with Gasteiger partial charge in [0.25, 0.3) is 0 Å². The van der Waals surface area contributed by atoms with Crippen LogP contribution in [-0.2, 0) is 16.1 Å². The average molecular weight is 312 g/mol. The van der Waals surface area contributed by atoms with Gasteiger partial charge in [-0.1, -0.05) is 6.07 Å². The van der Waals surface area contributed by atoms with Gasteiger partial charge in [-0.2, -0.15) is 0 Å². The van der Waals surface area contributed by atoms with Gasteiger partial charge in [0.05, 0.1) is 12.8 Å². The molecule has 1 heterocycles. The van der Waals surface area contributed by atoms with Crippen LogP contribution in [0, 0.1) is 19.3 Å². The first-order valence-corrected chi connectivity index (χ1v) is 7.70. The van der Waals surface area contributed by atoms with Gasteiger partial charge in [0.15, 0.2) is 0 Å². The van der Waals surface area contributed by atoms with Crippen molar-refractivity contribution in [3.8, 4) is 0 Å². The van der Waals surface area contributed by atoms with Crippen LogP contribution in [-0.4, -0.2) is 11.8 Å². The number of carbonyl (C=O) groups excluding carboxylic acids is 2. The maximum Gasteiger partial charge on any atom is 0.240 e. The quantitative estimate of drug-likeness (QED) is 0.834. The Balaban J connectivity index is 1.64. The minimum absolute atomic E-state index is 0.237. The van der Waals surface area contributed by atoms with Crippen LogP contribution in [0.2, 0.25) is 0 Å². The third-order valence-electron chi connectivity index (χ3n) is 4.10. The van der Waals surface area contributed by atoms with Crippen molar-refractivity contribution in [1.29, 1.82) is 0 Å². The molecule has 0 atom stereocenters. The summed E-state index contributed by atoms with van der Waals surface area (Å²) in [6.07, 6.45) is 2.71. The van der Waals surface area contributed by atoms with Crippen LogP contribution in [0.3, 0.4) is 0 Å². The summed E-state index contributed by atoms with van der Waals surface area (Å²) in [5.41, 5.74) is 1.95. The van der Waals surface area contributed by atoms with Gasteiger partial charge in [0, 0.05) is 5.69 Å². The summed E-state index contributed by atoms with van der Waals surface area (Å²) >= 11 is 0. The molecule has 0 spiro atoms. The van der Waals surface area contributed by atoms with E-state index in [-0.39, 0.29) is 11.8 Å². The predicted octanol–water partition coefficient (Wildman–Crippen LogP) is 2.93. The van der Waals surface area contributed by atoms with Gasteiger partial charge in [0.2, 0.25) is 11.8 Å². The zero-order valence-corrected chi connectivity index (χ0v) is 13.3. The average Bonchev–Trinajstić information content (AvgIpc) is 3.14. The molecular weight excluding hydrogens is 292 g/mol. The molecular formula is C18H20N2O3. The van der Waals surface area contributed by atoms with E-state index in [2.05, 4.69) is 10.6 Å². The first-order valence-electron chi connectivity index (χ1n) is 7.70. The lowest BCUT2D eigenvalue weighted by molar-refractivity contribution is -0.134. The second kappa shape index (κ2) is 5.91. The summed E-state index contributed by atoms with van der Waals surface area (Å²) in [7, 11) is 0. The van der Waals surface area contributed by atoms with Crippen molar-refractivity contribution in [1.82, 2.24) is 5.32 Å². The fourth-order valence-electron chi connectivity index (χ4n) is 2.73. The highest BCUT2D eigenvalue weighted by molar-refractivity contribution is 6.13. The number of nitrogens with one attached hydrogen (secondary N) is 2. The Morgan fingerprint density at radius 1 is 1.13 bits per heavy atom. The number of furan rings is 1. The molecule has 23 heavy (non-hydrogen) atoms. The molecule has 1 aliphatic rings. The number of hydrogen-bond acceptors (Lipinski definition) is 3.